The Morgan fingerprint density at radius 3 is 2.64 bits per heavy atom. The molecule has 140 valence electrons. The molecular weight excluding hydrogens is 367 g/mol. The molecule has 0 aliphatic carbocycles. The van der Waals surface area contributed by atoms with Gasteiger partial charge in [0.1, 0.15) is 11.6 Å². The van der Waals surface area contributed by atoms with Crippen LogP contribution in [0.5, 0.6) is 0 Å². The molecule has 1 atom stereocenters. The number of likely N-dealkylation sites (tertiary alicyclic amines) is 1. The third-order valence-electron chi connectivity index (χ3n) is 4.27. The summed E-state index contributed by atoms with van der Waals surface area (Å²) >= 11 is 6.19. The van der Waals surface area contributed by atoms with Crippen molar-refractivity contribution in [3.8, 4) is 0 Å². The van der Waals surface area contributed by atoms with Crippen LogP contribution in [-0.2, 0) is 14.6 Å². The summed E-state index contributed by atoms with van der Waals surface area (Å²) in [6, 6.07) is 4.10. The number of hydrogen-bond donors (Lipinski definition) is 1. The Morgan fingerprint density at radius 2 is 2.04 bits per heavy atom. The van der Waals surface area contributed by atoms with Crippen LogP contribution in [0.4, 0.5) is 4.39 Å². The normalized spacial score (nSPS) is 16.8. The van der Waals surface area contributed by atoms with Crippen LogP contribution in [0.25, 0.3) is 0 Å². The van der Waals surface area contributed by atoms with Gasteiger partial charge in [-0.15, -0.1) is 0 Å². The molecule has 1 fully saturated rings. The first kappa shape index (κ1) is 20.1. The van der Waals surface area contributed by atoms with Crippen molar-refractivity contribution in [2.75, 3.05) is 31.1 Å². The molecule has 1 amide bonds. The van der Waals surface area contributed by atoms with Crippen LogP contribution in [0.15, 0.2) is 18.2 Å². The van der Waals surface area contributed by atoms with Crippen molar-refractivity contribution in [3.05, 3.63) is 34.6 Å². The number of carbonyl (C=O) groups is 1. The van der Waals surface area contributed by atoms with E-state index in [1.165, 1.54) is 12.1 Å². The Bertz CT molecular complexity index is 686. The standard InChI is InChI=1S/C17H24ClFN2O3S/c1-2-10-25(23,24)12-16(22)20-11-15(21-8-3-4-9-21)17-13(18)6-5-7-14(17)19/h5-7,15H,2-4,8-12H2,1H3,(H,20,22). The highest BCUT2D eigenvalue weighted by Crippen LogP contribution is 2.31. The van der Waals surface area contributed by atoms with E-state index in [4.69, 9.17) is 11.6 Å². The number of benzene rings is 1. The lowest BCUT2D eigenvalue weighted by Crippen LogP contribution is -2.39. The van der Waals surface area contributed by atoms with Crippen molar-refractivity contribution in [1.82, 2.24) is 10.2 Å². The Kier molecular flexibility index (Phi) is 7.22. The lowest BCUT2D eigenvalue weighted by Gasteiger charge is -2.29. The summed E-state index contributed by atoms with van der Waals surface area (Å²) in [5.74, 6) is -1.55. The van der Waals surface area contributed by atoms with Crippen LogP contribution in [0.3, 0.4) is 0 Å². The molecule has 25 heavy (non-hydrogen) atoms. The summed E-state index contributed by atoms with van der Waals surface area (Å²) in [6.07, 6.45) is 2.47. The van der Waals surface area contributed by atoms with Gasteiger partial charge in [-0.05, 0) is 44.5 Å². The van der Waals surface area contributed by atoms with Gasteiger partial charge in [-0.25, -0.2) is 12.8 Å². The van der Waals surface area contributed by atoms with Gasteiger partial charge in [0, 0.05) is 17.1 Å². The topological polar surface area (TPSA) is 66.5 Å². The third kappa shape index (κ3) is 5.66. The number of amides is 1. The molecule has 1 aliphatic rings. The first-order valence-corrected chi connectivity index (χ1v) is 10.7. The fraction of sp³-hybridized carbons (Fsp3) is 0.588. The van der Waals surface area contributed by atoms with Crippen LogP contribution in [0.1, 0.15) is 37.8 Å². The largest absolute Gasteiger partial charge is 0.353 e. The molecule has 0 radical (unpaired) electrons. The van der Waals surface area contributed by atoms with Gasteiger partial charge < -0.3 is 5.32 Å². The smallest absolute Gasteiger partial charge is 0.235 e. The summed E-state index contributed by atoms with van der Waals surface area (Å²) in [7, 11) is -3.40. The molecule has 1 N–H and O–H groups in total. The monoisotopic (exact) mass is 390 g/mol. The van der Waals surface area contributed by atoms with Crippen LogP contribution < -0.4 is 5.32 Å². The zero-order valence-corrected chi connectivity index (χ0v) is 15.9. The number of nitrogens with one attached hydrogen (secondary N) is 1. The van der Waals surface area contributed by atoms with Crippen molar-refractivity contribution < 1.29 is 17.6 Å². The number of halogens is 2. The first-order valence-electron chi connectivity index (χ1n) is 8.49. The predicted octanol–water partition coefficient (Wildman–Crippen LogP) is 2.56. The van der Waals surface area contributed by atoms with E-state index in [9.17, 15) is 17.6 Å². The lowest BCUT2D eigenvalue weighted by molar-refractivity contribution is -0.118. The molecule has 0 saturated carbocycles. The molecule has 2 rings (SSSR count). The van der Waals surface area contributed by atoms with E-state index in [1.54, 1.807) is 13.0 Å². The van der Waals surface area contributed by atoms with E-state index in [2.05, 4.69) is 10.2 Å². The van der Waals surface area contributed by atoms with Crippen LogP contribution >= 0.6 is 11.6 Å². The fourth-order valence-corrected chi connectivity index (χ4v) is 4.70. The van der Waals surface area contributed by atoms with Gasteiger partial charge in [0.15, 0.2) is 9.84 Å². The zero-order valence-electron chi connectivity index (χ0n) is 14.3. The van der Waals surface area contributed by atoms with E-state index in [1.807, 2.05) is 0 Å². The second kappa shape index (κ2) is 8.96. The molecule has 1 aromatic rings. The maximum Gasteiger partial charge on any atom is 0.235 e. The molecule has 8 heteroatoms. The van der Waals surface area contributed by atoms with E-state index < -0.39 is 33.4 Å². The summed E-state index contributed by atoms with van der Waals surface area (Å²) in [6.45, 7) is 3.46. The summed E-state index contributed by atoms with van der Waals surface area (Å²) in [5, 5.41) is 2.95. The molecule has 0 bridgehead atoms. The second-order valence-electron chi connectivity index (χ2n) is 6.29. The number of nitrogens with zero attached hydrogens (tertiary/aromatic N) is 1. The van der Waals surface area contributed by atoms with E-state index in [-0.39, 0.29) is 12.3 Å². The van der Waals surface area contributed by atoms with Gasteiger partial charge in [0.25, 0.3) is 0 Å². The van der Waals surface area contributed by atoms with Gasteiger partial charge in [-0.3, -0.25) is 9.69 Å². The second-order valence-corrected chi connectivity index (χ2v) is 8.88. The van der Waals surface area contributed by atoms with Gasteiger partial charge >= 0.3 is 0 Å². The van der Waals surface area contributed by atoms with Gasteiger partial charge in [-0.2, -0.15) is 0 Å². The molecule has 1 aromatic carbocycles. The molecule has 1 aliphatic heterocycles. The first-order chi connectivity index (χ1) is 11.8. The van der Waals surface area contributed by atoms with Crippen LogP contribution in [0, 0.1) is 5.82 Å². The van der Waals surface area contributed by atoms with Crippen molar-refractivity contribution in [3.63, 3.8) is 0 Å². The Balaban J connectivity index is 2.11. The van der Waals surface area contributed by atoms with E-state index in [0.717, 1.165) is 25.9 Å². The fourth-order valence-electron chi connectivity index (χ4n) is 3.14. The lowest BCUT2D eigenvalue weighted by atomic mass is 10.0. The Hall–Kier alpha value is -1.18. The van der Waals surface area contributed by atoms with Crippen molar-refractivity contribution in [1.29, 1.82) is 0 Å². The molecular formula is C17H24ClFN2O3S. The van der Waals surface area contributed by atoms with Crippen molar-refractivity contribution in [2.24, 2.45) is 0 Å². The minimum absolute atomic E-state index is 0.0187. The van der Waals surface area contributed by atoms with Crippen molar-refractivity contribution in [2.45, 2.75) is 32.2 Å². The number of sulfone groups is 1. The highest BCUT2D eigenvalue weighted by molar-refractivity contribution is 7.92. The molecule has 1 unspecified atom stereocenters. The minimum atomic E-state index is -3.40. The summed E-state index contributed by atoms with van der Waals surface area (Å²) in [4.78, 5) is 14.1. The molecule has 1 heterocycles. The summed E-state index contributed by atoms with van der Waals surface area (Å²) in [5.41, 5.74) is 0.350. The summed E-state index contributed by atoms with van der Waals surface area (Å²) < 4.78 is 37.9. The average molecular weight is 391 g/mol. The minimum Gasteiger partial charge on any atom is -0.353 e. The molecule has 5 nitrogen and oxygen atoms in total. The maximum absolute atomic E-state index is 14.3. The van der Waals surface area contributed by atoms with Crippen molar-refractivity contribution >= 4 is 27.3 Å². The predicted molar refractivity (Wildman–Crippen MR) is 96.9 cm³/mol. The number of hydrogen-bond acceptors (Lipinski definition) is 4. The Morgan fingerprint density at radius 1 is 1.36 bits per heavy atom. The molecule has 1 saturated heterocycles. The highest BCUT2D eigenvalue weighted by Gasteiger charge is 2.28. The zero-order chi connectivity index (χ0) is 18.4. The SMILES string of the molecule is CCCS(=O)(=O)CC(=O)NCC(c1c(F)cccc1Cl)N1CCCC1. The van der Waals surface area contributed by atoms with Crippen LogP contribution in [-0.4, -0.2) is 50.4 Å². The maximum atomic E-state index is 14.3. The van der Waals surface area contributed by atoms with Gasteiger partial charge in [0.05, 0.1) is 11.8 Å². The molecule has 0 aromatic heterocycles. The highest BCUT2D eigenvalue weighted by atomic mass is 35.5. The van der Waals surface area contributed by atoms with Gasteiger partial charge in [0.2, 0.25) is 5.91 Å². The molecule has 0 spiro atoms. The van der Waals surface area contributed by atoms with E-state index >= 15 is 0 Å². The third-order valence-corrected chi connectivity index (χ3v) is 6.33. The van der Waals surface area contributed by atoms with Gasteiger partial charge in [-0.1, -0.05) is 24.6 Å². The number of rotatable bonds is 8. The van der Waals surface area contributed by atoms with E-state index in [0.29, 0.717) is 17.0 Å². The quantitative estimate of drug-likeness (QED) is 0.740. The average Bonchev–Trinajstić information content (AvgIpc) is 3.03. The van der Waals surface area contributed by atoms with Crippen LogP contribution in [0.2, 0.25) is 5.02 Å². The Labute approximate surface area is 153 Å². The number of carbonyl (C=O) groups excluding carboxylic acids is 1.